The number of hydroxylamine groups is 1. The second kappa shape index (κ2) is 17.2. The van der Waals surface area contributed by atoms with Gasteiger partial charge in [-0.3, -0.25) is 24.9 Å². The van der Waals surface area contributed by atoms with E-state index in [4.69, 9.17) is 24.4 Å². The summed E-state index contributed by atoms with van der Waals surface area (Å²) in [5.74, 6) is 0.0544. The molecule has 2 aromatic rings. The average molecular weight is 665 g/mol. The number of non-ortho nitro benzene ring substituents is 1. The quantitative estimate of drug-likeness (QED) is 0.0945. The SMILES string of the molecule is O=C(CCCCCCC(=O)NC1OC(CSC2=NC(C3C=CC=CC3)C(c3ccccc3)O2)CC(c2ccc([N+](=O)[O-])cc2)O1)NO. The second-order valence-electron chi connectivity index (χ2n) is 11.7. The van der Waals surface area contributed by atoms with Gasteiger partial charge in [-0.2, -0.15) is 0 Å². The maximum Gasteiger partial charge on any atom is 0.269 e. The fourth-order valence-electron chi connectivity index (χ4n) is 5.81. The molecule has 2 aliphatic heterocycles. The first-order valence-corrected chi connectivity index (χ1v) is 16.9. The third-order valence-corrected chi connectivity index (χ3v) is 9.27. The third kappa shape index (κ3) is 9.97. The van der Waals surface area contributed by atoms with Gasteiger partial charge in [-0.1, -0.05) is 79.2 Å². The van der Waals surface area contributed by atoms with Crippen molar-refractivity contribution in [2.45, 2.75) is 82.1 Å². The van der Waals surface area contributed by atoms with Crippen LogP contribution in [0.5, 0.6) is 0 Å². The van der Waals surface area contributed by atoms with Crippen molar-refractivity contribution in [3.05, 3.63) is 100 Å². The Labute approximate surface area is 277 Å². The lowest BCUT2D eigenvalue weighted by Crippen LogP contribution is -2.46. The predicted octanol–water partition coefficient (Wildman–Crippen LogP) is 6.05. The highest BCUT2D eigenvalue weighted by molar-refractivity contribution is 8.13. The molecule has 1 saturated heterocycles. The number of carbonyl (C=O) groups excluding carboxylic acids is 2. The van der Waals surface area contributed by atoms with Crippen molar-refractivity contribution in [2.75, 3.05) is 5.75 Å². The van der Waals surface area contributed by atoms with Crippen LogP contribution in [0.25, 0.3) is 0 Å². The number of nitrogens with zero attached hydrogens (tertiary/aromatic N) is 2. The van der Waals surface area contributed by atoms with Crippen molar-refractivity contribution >= 4 is 34.5 Å². The Hall–Kier alpha value is -4.04. The molecule has 12 nitrogen and oxygen atoms in total. The van der Waals surface area contributed by atoms with Crippen molar-refractivity contribution in [1.29, 1.82) is 0 Å². The van der Waals surface area contributed by atoms with Crippen molar-refractivity contribution in [3.63, 3.8) is 0 Å². The molecule has 5 rings (SSSR count). The summed E-state index contributed by atoms with van der Waals surface area (Å²) < 4.78 is 18.7. The van der Waals surface area contributed by atoms with Gasteiger partial charge in [0.1, 0.15) is 12.1 Å². The van der Waals surface area contributed by atoms with E-state index in [1.165, 1.54) is 23.9 Å². The fraction of sp³-hybridized carbons (Fsp3) is 0.441. The minimum Gasteiger partial charge on any atom is -0.463 e. The first kappa shape index (κ1) is 34.3. The number of unbranched alkanes of at least 4 members (excludes halogenated alkanes) is 3. The zero-order valence-electron chi connectivity index (χ0n) is 25.9. The highest BCUT2D eigenvalue weighted by atomic mass is 32.2. The number of nitro groups is 1. The van der Waals surface area contributed by atoms with Gasteiger partial charge in [0.05, 0.1) is 17.1 Å². The molecule has 0 radical (unpaired) electrons. The molecule has 1 fully saturated rings. The third-order valence-electron chi connectivity index (χ3n) is 8.28. The Morgan fingerprint density at radius 2 is 1.70 bits per heavy atom. The van der Waals surface area contributed by atoms with Crippen molar-refractivity contribution in [1.82, 2.24) is 10.8 Å². The lowest BCUT2D eigenvalue weighted by Gasteiger charge is -2.36. The van der Waals surface area contributed by atoms with Gasteiger partial charge in [-0.15, -0.1) is 0 Å². The van der Waals surface area contributed by atoms with E-state index in [0.29, 0.717) is 30.2 Å². The highest BCUT2D eigenvalue weighted by Crippen LogP contribution is 2.39. The maximum absolute atomic E-state index is 12.8. The second-order valence-corrected chi connectivity index (χ2v) is 12.6. The molecular weight excluding hydrogens is 624 g/mol. The molecule has 1 aliphatic carbocycles. The number of rotatable bonds is 14. The van der Waals surface area contributed by atoms with Crippen LogP contribution in [-0.4, -0.2) is 51.5 Å². The number of carbonyl (C=O) groups is 2. The summed E-state index contributed by atoms with van der Waals surface area (Å²) >= 11 is 1.47. The number of aliphatic imine (C=N–C) groups is 1. The van der Waals surface area contributed by atoms with Gasteiger partial charge in [0, 0.05) is 43.1 Å². The Bertz CT molecular complexity index is 1450. The van der Waals surface area contributed by atoms with E-state index in [2.05, 4.69) is 35.7 Å². The number of hydrogen-bond donors (Lipinski definition) is 3. The van der Waals surface area contributed by atoms with E-state index < -0.39 is 23.3 Å². The van der Waals surface area contributed by atoms with Gasteiger partial charge in [0.15, 0.2) is 0 Å². The molecule has 13 heteroatoms. The number of hydrogen-bond acceptors (Lipinski definition) is 10. The Kier molecular flexibility index (Phi) is 12.6. The first-order valence-electron chi connectivity index (χ1n) is 15.9. The molecule has 0 spiro atoms. The highest BCUT2D eigenvalue weighted by Gasteiger charge is 2.38. The lowest BCUT2D eigenvalue weighted by atomic mass is 9.87. The van der Waals surface area contributed by atoms with Crippen molar-refractivity contribution < 1.29 is 33.9 Å². The molecule has 0 bridgehead atoms. The summed E-state index contributed by atoms with van der Waals surface area (Å²) in [7, 11) is 0. The molecule has 3 aliphatic rings. The number of nitrogens with one attached hydrogen (secondary N) is 2. The molecule has 6 unspecified atom stereocenters. The van der Waals surface area contributed by atoms with Crippen LogP contribution >= 0.6 is 11.8 Å². The summed E-state index contributed by atoms with van der Waals surface area (Å²) in [5.41, 5.74) is 3.41. The predicted molar refractivity (Wildman–Crippen MR) is 176 cm³/mol. The van der Waals surface area contributed by atoms with Crippen LogP contribution in [0.4, 0.5) is 5.69 Å². The molecule has 2 amide bonds. The minimum atomic E-state index is -1.01. The molecule has 250 valence electrons. The summed E-state index contributed by atoms with van der Waals surface area (Å²) in [6.45, 7) is 0. The number of allylic oxidation sites excluding steroid dienone is 3. The number of ether oxygens (including phenoxy) is 3. The first-order chi connectivity index (χ1) is 22.9. The molecular formula is C34H40N4O8S. The molecule has 3 N–H and O–H groups in total. The van der Waals surface area contributed by atoms with Gasteiger partial charge in [0.25, 0.3) is 5.69 Å². The van der Waals surface area contributed by atoms with Crippen LogP contribution in [0.3, 0.4) is 0 Å². The average Bonchev–Trinajstić information content (AvgIpc) is 3.54. The summed E-state index contributed by atoms with van der Waals surface area (Å²) in [5, 5.41) is 23.2. The Morgan fingerprint density at radius 1 is 0.957 bits per heavy atom. The normalized spacial score (nSPS) is 25.1. The monoisotopic (exact) mass is 664 g/mol. The Balaban J connectivity index is 1.21. The summed E-state index contributed by atoms with van der Waals surface area (Å²) in [4.78, 5) is 39.7. The van der Waals surface area contributed by atoms with E-state index in [0.717, 1.165) is 30.4 Å². The van der Waals surface area contributed by atoms with Crippen molar-refractivity contribution in [2.24, 2.45) is 10.9 Å². The van der Waals surface area contributed by atoms with Crippen LogP contribution in [0.2, 0.25) is 0 Å². The topological polar surface area (TPSA) is 162 Å². The van der Waals surface area contributed by atoms with E-state index >= 15 is 0 Å². The van der Waals surface area contributed by atoms with E-state index in [1.54, 1.807) is 17.6 Å². The molecule has 0 aromatic heterocycles. The number of thioether (sulfide) groups is 1. The number of amides is 2. The van der Waals surface area contributed by atoms with Gasteiger partial charge >= 0.3 is 0 Å². The largest absolute Gasteiger partial charge is 0.463 e. The van der Waals surface area contributed by atoms with Crippen LogP contribution in [-0.2, 0) is 23.8 Å². The van der Waals surface area contributed by atoms with E-state index in [1.807, 2.05) is 24.3 Å². The van der Waals surface area contributed by atoms with E-state index in [9.17, 15) is 19.7 Å². The molecule has 2 aromatic carbocycles. The molecule has 6 atom stereocenters. The van der Waals surface area contributed by atoms with Gasteiger partial charge in [-0.05, 0) is 42.5 Å². The minimum absolute atomic E-state index is 0.0167. The standard InChI is InChI=1S/C34H40N4O8S/c39-29(15-9-1-2-10-16-30(40)37-41)35-33-44-27(21-28(45-33)23-17-19-26(20-18-23)38(42)43)22-47-34-36-31(24-11-5-3-6-12-24)32(46-34)25-13-7-4-8-14-25/h3-8,11,13-14,17-20,24,27-28,31-33,41H,1-2,9-10,12,15-16,21-22H2,(H,35,39)(H,37,40). The van der Waals surface area contributed by atoms with Crippen LogP contribution in [0.1, 0.15) is 74.7 Å². The Morgan fingerprint density at radius 3 is 2.38 bits per heavy atom. The zero-order chi connectivity index (χ0) is 33.0. The molecule has 0 saturated carbocycles. The van der Waals surface area contributed by atoms with Crippen LogP contribution in [0.15, 0.2) is 83.9 Å². The number of benzene rings is 2. The van der Waals surface area contributed by atoms with Crippen LogP contribution < -0.4 is 10.8 Å². The van der Waals surface area contributed by atoms with E-state index in [-0.39, 0.29) is 48.6 Å². The summed E-state index contributed by atoms with van der Waals surface area (Å²) in [6, 6.07) is 16.2. The van der Waals surface area contributed by atoms with Gasteiger partial charge in [-0.25, -0.2) is 10.5 Å². The lowest BCUT2D eigenvalue weighted by molar-refractivity contribution is -0.384. The van der Waals surface area contributed by atoms with Gasteiger partial charge in [0.2, 0.25) is 23.5 Å². The molecule has 47 heavy (non-hydrogen) atoms. The maximum atomic E-state index is 12.8. The summed E-state index contributed by atoms with van der Waals surface area (Å²) in [6.07, 6.45) is 11.0. The molecule has 2 heterocycles. The smallest absolute Gasteiger partial charge is 0.269 e. The zero-order valence-corrected chi connectivity index (χ0v) is 26.8. The number of nitro benzene ring substituents is 1. The van der Waals surface area contributed by atoms with Crippen molar-refractivity contribution in [3.8, 4) is 0 Å². The fourth-order valence-corrected chi connectivity index (χ4v) is 6.72. The van der Waals surface area contributed by atoms with Gasteiger partial charge < -0.3 is 19.5 Å². The van der Waals surface area contributed by atoms with Crippen LogP contribution in [0, 0.1) is 16.0 Å².